The molecule has 7 heteroatoms. The molecule has 1 heterocycles. The van der Waals surface area contributed by atoms with Gasteiger partial charge in [0.15, 0.2) is 6.61 Å². The van der Waals surface area contributed by atoms with E-state index < -0.39 is 18.6 Å². The highest BCUT2D eigenvalue weighted by Gasteiger charge is 2.06. The number of carboxylic acid groups (broad SMARTS) is 1. The van der Waals surface area contributed by atoms with E-state index in [1.165, 1.54) is 0 Å². The van der Waals surface area contributed by atoms with Crippen LogP contribution in [0.2, 0.25) is 0 Å². The van der Waals surface area contributed by atoms with Crippen LogP contribution in [0.25, 0.3) is 10.9 Å². The molecular formula is C12H11N3O4. The molecule has 0 unspecified atom stereocenters. The molecule has 1 aromatic heterocycles. The van der Waals surface area contributed by atoms with Gasteiger partial charge in [0.1, 0.15) is 0 Å². The van der Waals surface area contributed by atoms with E-state index in [1.54, 1.807) is 24.4 Å². The van der Waals surface area contributed by atoms with Gasteiger partial charge in [0.2, 0.25) is 0 Å². The molecule has 0 aliphatic heterocycles. The number of anilines is 1. The molecule has 0 atom stereocenters. The number of urea groups is 1. The van der Waals surface area contributed by atoms with Crippen LogP contribution in [-0.2, 0) is 9.63 Å². The van der Waals surface area contributed by atoms with Gasteiger partial charge in [-0.05, 0) is 12.1 Å². The molecule has 3 N–H and O–H groups in total. The Bertz CT molecular complexity index is 609. The van der Waals surface area contributed by atoms with Crippen molar-refractivity contribution in [1.29, 1.82) is 0 Å². The third kappa shape index (κ3) is 3.39. The van der Waals surface area contributed by atoms with Gasteiger partial charge < -0.3 is 10.4 Å². The maximum absolute atomic E-state index is 11.5. The van der Waals surface area contributed by atoms with Crippen LogP contribution >= 0.6 is 0 Å². The Balaban J connectivity index is 2.05. The molecular weight excluding hydrogens is 250 g/mol. The van der Waals surface area contributed by atoms with Crippen LogP contribution in [0.1, 0.15) is 0 Å². The normalized spacial score (nSPS) is 10.1. The second-order valence-corrected chi connectivity index (χ2v) is 3.62. The van der Waals surface area contributed by atoms with Crippen molar-refractivity contribution in [3.05, 3.63) is 36.5 Å². The number of pyridine rings is 1. The first-order valence-electron chi connectivity index (χ1n) is 5.41. The minimum absolute atomic E-state index is 0.509. The molecule has 1 aromatic carbocycles. The highest BCUT2D eigenvalue weighted by molar-refractivity contribution is 5.99. The Morgan fingerprint density at radius 3 is 2.84 bits per heavy atom. The maximum atomic E-state index is 11.5. The summed E-state index contributed by atoms with van der Waals surface area (Å²) in [5.41, 5.74) is 3.11. The largest absolute Gasteiger partial charge is 0.479 e. The van der Waals surface area contributed by atoms with Crippen molar-refractivity contribution >= 4 is 28.6 Å². The second-order valence-electron chi connectivity index (χ2n) is 3.62. The monoisotopic (exact) mass is 261 g/mol. The van der Waals surface area contributed by atoms with Crippen molar-refractivity contribution in [2.45, 2.75) is 0 Å². The Labute approximate surface area is 108 Å². The van der Waals surface area contributed by atoms with E-state index in [2.05, 4.69) is 15.1 Å². The fourth-order valence-corrected chi connectivity index (χ4v) is 1.52. The highest BCUT2D eigenvalue weighted by atomic mass is 16.7. The van der Waals surface area contributed by atoms with Gasteiger partial charge in [-0.1, -0.05) is 18.2 Å². The quantitative estimate of drug-likeness (QED) is 0.722. The number of hydrogen-bond donors (Lipinski definition) is 3. The van der Waals surface area contributed by atoms with Gasteiger partial charge in [0.05, 0.1) is 11.2 Å². The molecule has 0 aliphatic carbocycles. The summed E-state index contributed by atoms with van der Waals surface area (Å²) in [5.74, 6) is -1.17. The number of benzene rings is 1. The minimum Gasteiger partial charge on any atom is -0.479 e. The van der Waals surface area contributed by atoms with Crippen LogP contribution in [0.4, 0.5) is 10.5 Å². The van der Waals surface area contributed by atoms with Crippen LogP contribution in [0, 0.1) is 0 Å². The molecule has 0 radical (unpaired) electrons. The second kappa shape index (κ2) is 5.78. The molecule has 2 amide bonds. The molecule has 98 valence electrons. The van der Waals surface area contributed by atoms with E-state index in [9.17, 15) is 9.59 Å². The van der Waals surface area contributed by atoms with Gasteiger partial charge in [-0.3, -0.25) is 9.82 Å². The van der Waals surface area contributed by atoms with Crippen molar-refractivity contribution in [3.8, 4) is 0 Å². The first-order valence-corrected chi connectivity index (χ1v) is 5.41. The molecule has 0 fully saturated rings. The van der Waals surface area contributed by atoms with Crippen LogP contribution in [-0.4, -0.2) is 28.7 Å². The SMILES string of the molecule is O=C(O)CONC(=O)Nc1cccc2cccnc12. The molecule has 7 nitrogen and oxygen atoms in total. The Morgan fingerprint density at radius 2 is 2.05 bits per heavy atom. The van der Waals surface area contributed by atoms with Gasteiger partial charge >= 0.3 is 12.0 Å². The van der Waals surface area contributed by atoms with E-state index in [0.29, 0.717) is 11.2 Å². The molecule has 2 aromatic rings. The fourth-order valence-electron chi connectivity index (χ4n) is 1.52. The lowest BCUT2D eigenvalue weighted by Gasteiger charge is -2.08. The number of para-hydroxylation sites is 1. The molecule has 0 spiro atoms. The number of nitrogens with one attached hydrogen (secondary N) is 2. The summed E-state index contributed by atoms with van der Waals surface area (Å²) in [4.78, 5) is 30.3. The number of hydrogen-bond acceptors (Lipinski definition) is 4. The number of amides is 2. The zero-order chi connectivity index (χ0) is 13.7. The smallest absolute Gasteiger partial charge is 0.343 e. The van der Waals surface area contributed by atoms with E-state index in [4.69, 9.17) is 5.11 Å². The summed E-state index contributed by atoms with van der Waals surface area (Å²) in [6.07, 6.45) is 1.62. The predicted octanol–water partition coefficient (Wildman–Crippen LogP) is 1.37. The molecule has 2 rings (SSSR count). The summed E-state index contributed by atoms with van der Waals surface area (Å²) in [5, 5.41) is 11.8. The molecule has 0 saturated carbocycles. The number of aromatic nitrogens is 1. The molecule has 19 heavy (non-hydrogen) atoms. The fraction of sp³-hybridized carbons (Fsp3) is 0.0833. The molecule has 0 bridgehead atoms. The third-order valence-corrected chi connectivity index (χ3v) is 2.24. The summed E-state index contributed by atoms with van der Waals surface area (Å²) in [7, 11) is 0. The van der Waals surface area contributed by atoms with Crippen LogP contribution in [0.3, 0.4) is 0 Å². The van der Waals surface area contributed by atoms with Gasteiger partial charge in [-0.25, -0.2) is 15.1 Å². The summed E-state index contributed by atoms with van der Waals surface area (Å²) in [6.45, 7) is -0.610. The van der Waals surface area contributed by atoms with Crippen LogP contribution in [0.15, 0.2) is 36.5 Å². The number of aliphatic carboxylic acids is 1. The van der Waals surface area contributed by atoms with Crippen molar-refractivity contribution in [1.82, 2.24) is 10.5 Å². The minimum atomic E-state index is -1.17. The number of carboxylic acids is 1. The van der Waals surface area contributed by atoms with Gasteiger partial charge in [0, 0.05) is 11.6 Å². The van der Waals surface area contributed by atoms with Crippen molar-refractivity contribution < 1.29 is 19.5 Å². The Kier molecular flexibility index (Phi) is 3.89. The Morgan fingerprint density at radius 1 is 1.26 bits per heavy atom. The highest BCUT2D eigenvalue weighted by Crippen LogP contribution is 2.20. The number of carbonyl (C=O) groups excluding carboxylic acids is 1. The van der Waals surface area contributed by atoms with Crippen molar-refractivity contribution in [2.75, 3.05) is 11.9 Å². The lowest BCUT2D eigenvalue weighted by Crippen LogP contribution is -2.30. The zero-order valence-electron chi connectivity index (χ0n) is 9.79. The Hall–Kier alpha value is -2.67. The van der Waals surface area contributed by atoms with E-state index in [1.807, 2.05) is 17.6 Å². The summed E-state index contributed by atoms with van der Waals surface area (Å²) >= 11 is 0. The van der Waals surface area contributed by atoms with Crippen molar-refractivity contribution in [2.24, 2.45) is 0 Å². The average Bonchev–Trinajstić information content (AvgIpc) is 2.39. The predicted molar refractivity (Wildman–Crippen MR) is 67.5 cm³/mol. The lowest BCUT2D eigenvalue weighted by atomic mass is 10.2. The van der Waals surface area contributed by atoms with Gasteiger partial charge in [0.25, 0.3) is 0 Å². The number of fused-ring (bicyclic) bond motifs is 1. The average molecular weight is 261 g/mol. The number of rotatable bonds is 4. The number of hydroxylamine groups is 1. The summed E-state index contributed by atoms with van der Waals surface area (Å²) < 4.78 is 0. The number of nitrogens with zero attached hydrogens (tertiary/aromatic N) is 1. The maximum Gasteiger partial charge on any atom is 0.343 e. The zero-order valence-corrected chi connectivity index (χ0v) is 9.79. The van der Waals surface area contributed by atoms with E-state index >= 15 is 0 Å². The van der Waals surface area contributed by atoms with E-state index in [0.717, 1.165) is 5.39 Å². The first kappa shape index (κ1) is 12.8. The van der Waals surface area contributed by atoms with Crippen molar-refractivity contribution in [3.63, 3.8) is 0 Å². The topological polar surface area (TPSA) is 101 Å². The molecule has 0 saturated heterocycles. The summed E-state index contributed by atoms with van der Waals surface area (Å²) in [6, 6.07) is 8.32. The lowest BCUT2D eigenvalue weighted by molar-refractivity contribution is -0.143. The molecule has 0 aliphatic rings. The third-order valence-electron chi connectivity index (χ3n) is 2.24. The number of carbonyl (C=O) groups is 2. The first-order chi connectivity index (χ1) is 9.16. The van der Waals surface area contributed by atoms with Crippen LogP contribution in [0.5, 0.6) is 0 Å². The van der Waals surface area contributed by atoms with E-state index in [-0.39, 0.29) is 0 Å². The van der Waals surface area contributed by atoms with Crippen LogP contribution < -0.4 is 10.8 Å². The van der Waals surface area contributed by atoms with Gasteiger partial charge in [-0.15, -0.1) is 0 Å². The van der Waals surface area contributed by atoms with Gasteiger partial charge in [-0.2, -0.15) is 0 Å². The standard InChI is InChI=1S/C12H11N3O4/c16-10(17)7-19-15-12(18)14-9-5-1-3-8-4-2-6-13-11(8)9/h1-6H,7H2,(H,16,17)(H2,14,15,18).